The van der Waals surface area contributed by atoms with Crippen LogP contribution in [-0.4, -0.2) is 13.0 Å². The van der Waals surface area contributed by atoms with Crippen LogP contribution in [0.1, 0.15) is 6.92 Å². The first-order valence-corrected chi connectivity index (χ1v) is 7.54. The van der Waals surface area contributed by atoms with Crippen molar-refractivity contribution >= 4 is 36.9 Å². The van der Waals surface area contributed by atoms with E-state index in [-0.39, 0.29) is 4.90 Å². The molecule has 96 valence electrons. The third kappa shape index (κ3) is 2.21. The highest BCUT2D eigenvalue weighted by Crippen LogP contribution is 2.19. The molecule has 0 amide bonds. The quantitative estimate of drug-likeness (QED) is 0.904. The molecule has 0 bridgehead atoms. The Morgan fingerprint density at radius 3 is 2.61 bits per heavy atom. The molecular formula is C11H11BrN2O3S. The zero-order valence-electron chi connectivity index (χ0n) is 9.55. The van der Waals surface area contributed by atoms with Crippen molar-refractivity contribution in [2.24, 2.45) is 5.14 Å². The molecule has 1 aromatic carbocycles. The molecule has 0 fully saturated rings. The second-order valence-electron chi connectivity index (χ2n) is 3.81. The number of fused-ring (bicyclic) bond motifs is 1. The summed E-state index contributed by atoms with van der Waals surface area (Å²) in [7, 11) is -4.02. The van der Waals surface area contributed by atoms with Gasteiger partial charge in [0.25, 0.3) is 0 Å². The minimum atomic E-state index is -4.02. The number of pyridine rings is 1. The predicted octanol–water partition coefficient (Wildman–Crippen LogP) is 1.43. The van der Waals surface area contributed by atoms with Crippen LogP contribution < -0.4 is 10.6 Å². The van der Waals surface area contributed by atoms with Crippen LogP contribution in [0.2, 0.25) is 0 Å². The van der Waals surface area contributed by atoms with Crippen LogP contribution in [0.4, 0.5) is 0 Å². The fourth-order valence-corrected chi connectivity index (χ4v) is 2.81. The van der Waals surface area contributed by atoms with E-state index in [1.54, 1.807) is 22.8 Å². The van der Waals surface area contributed by atoms with E-state index in [0.29, 0.717) is 21.9 Å². The molecule has 0 atom stereocenters. The molecular weight excluding hydrogens is 320 g/mol. The summed E-state index contributed by atoms with van der Waals surface area (Å²) in [5.74, 6) is 0. The normalized spacial score (nSPS) is 11.9. The number of rotatable bonds is 2. The van der Waals surface area contributed by atoms with Crippen molar-refractivity contribution in [3.8, 4) is 0 Å². The van der Waals surface area contributed by atoms with Gasteiger partial charge >= 0.3 is 0 Å². The van der Waals surface area contributed by atoms with Crippen LogP contribution >= 0.6 is 15.9 Å². The van der Waals surface area contributed by atoms with Crippen LogP contribution in [0.5, 0.6) is 0 Å². The van der Waals surface area contributed by atoms with Crippen molar-refractivity contribution in [3.63, 3.8) is 0 Å². The van der Waals surface area contributed by atoms with Gasteiger partial charge in [0.1, 0.15) is 4.90 Å². The average molecular weight is 331 g/mol. The van der Waals surface area contributed by atoms with E-state index in [9.17, 15) is 13.2 Å². The van der Waals surface area contributed by atoms with E-state index >= 15 is 0 Å². The SMILES string of the molecule is CCn1cc(S(N)(=O)=O)c(=O)c2cc(Br)ccc21. The summed E-state index contributed by atoms with van der Waals surface area (Å²) in [6, 6.07) is 5.15. The van der Waals surface area contributed by atoms with Crippen molar-refractivity contribution in [1.29, 1.82) is 0 Å². The number of hydrogen-bond acceptors (Lipinski definition) is 3. The second kappa shape index (κ2) is 4.49. The topological polar surface area (TPSA) is 82.2 Å². The van der Waals surface area contributed by atoms with Gasteiger partial charge in [-0.15, -0.1) is 0 Å². The van der Waals surface area contributed by atoms with Gasteiger partial charge in [-0.05, 0) is 25.1 Å². The van der Waals surface area contributed by atoms with Gasteiger partial charge in [0.05, 0.1) is 5.52 Å². The van der Waals surface area contributed by atoms with Gasteiger partial charge in [-0.2, -0.15) is 0 Å². The highest BCUT2D eigenvalue weighted by molar-refractivity contribution is 9.10. The number of aryl methyl sites for hydroxylation is 1. The zero-order valence-corrected chi connectivity index (χ0v) is 12.0. The zero-order chi connectivity index (χ0) is 13.5. The van der Waals surface area contributed by atoms with Crippen molar-refractivity contribution in [2.75, 3.05) is 0 Å². The van der Waals surface area contributed by atoms with Crippen molar-refractivity contribution in [3.05, 3.63) is 39.1 Å². The maximum atomic E-state index is 12.1. The molecule has 0 radical (unpaired) electrons. The maximum Gasteiger partial charge on any atom is 0.243 e. The highest BCUT2D eigenvalue weighted by Gasteiger charge is 2.17. The third-order valence-electron chi connectivity index (χ3n) is 2.66. The van der Waals surface area contributed by atoms with Crippen molar-refractivity contribution in [2.45, 2.75) is 18.4 Å². The lowest BCUT2D eigenvalue weighted by Crippen LogP contribution is -2.23. The van der Waals surface area contributed by atoms with E-state index < -0.39 is 15.5 Å². The number of nitrogens with two attached hydrogens (primary N) is 1. The van der Waals surface area contributed by atoms with E-state index in [0.717, 1.165) is 0 Å². The Balaban J connectivity index is 3.03. The predicted molar refractivity (Wildman–Crippen MR) is 73.0 cm³/mol. The number of sulfonamides is 1. The fourth-order valence-electron chi connectivity index (χ4n) is 1.81. The molecule has 2 rings (SSSR count). The molecule has 2 aromatic rings. The minimum Gasteiger partial charge on any atom is -0.346 e. The summed E-state index contributed by atoms with van der Waals surface area (Å²) in [5, 5.41) is 5.39. The first-order valence-electron chi connectivity index (χ1n) is 5.20. The lowest BCUT2D eigenvalue weighted by Gasteiger charge is -2.10. The summed E-state index contributed by atoms with van der Waals surface area (Å²) < 4.78 is 25.2. The Hall–Kier alpha value is -1.18. The molecule has 7 heteroatoms. The second-order valence-corrected chi connectivity index (χ2v) is 6.26. The lowest BCUT2D eigenvalue weighted by atomic mass is 10.2. The van der Waals surface area contributed by atoms with Gasteiger partial charge in [0.15, 0.2) is 0 Å². The summed E-state index contributed by atoms with van der Waals surface area (Å²) >= 11 is 3.26. The number of aromatic nitrogens is 1. The van der Waals surface area contributed by atoms with Crippen LogP contribution in [0.25, 0.3) is 10.9 Å². The molecule has 0 aliphatic rings. The monoisotopic (exact) mass is 330 g/mol. The van der Waals surface area contributed by atoms with Gasteiger partial charge in [0, 0.05) is 22.6 Å². The smallest absolute Gasteiger partial charge is 0.243 e. The molecule has 0 aliphatic carbocycles. The molecule has 0 unspecified atom stereocenters. The molecule has 5 nitrogen and oxygen atoms in total. The van der Waals surface area contributed by atoms with Crippen LogP contribution in [0, 0.1) is 0 Å². The van der Waals surface area contributed by atoms with Crippen LogP contribution in [0.15, 0.2) is 38.6 Å². The Kier molecular flexibility index (Phi) is 3.31. The molecule has 0 saturated carbocycles. The Morgan fingerprint density at radius 1 is 1.39 bits per heavy atom. The molecule has 0 aliphatic heterocycles. The van der Waals surface area contributed by atoms with Crippen molar-refractivity contribution in [1.82, 2.24) is 4.57 Å². The van der Waals surface area contributed by atoms with Crippen LogP contribution in [-0.2, 0) is 16.6 Å². The van der Waals surface area contributed by atoms with Gasteiger partial charge in [-0.3, -0.25) is 4.79 Å². The summed E-state index contributed by atoms with van der Waals surface area (Å²) in [4.78, 5) is 11.7. The molecule has 1 aromatic heterocycles. The largest absolute Gasteiger partial charge is 0.346 e. The molecule has 1 heterocycles. The summed E-state index contributed by atoms with van der Waals surface area (Å²) in [5.41, 5.74) is 0.108. The van der Waals surface area contributed by atoms with E-state index in [4.69, 9.17) is 5.14 Å². The maximum absolute atomic E-state index is 12.1. The van der Waals surface area contributed by atoms with E-state index in [2.05, 4.69) is 15.9 Å². The Morgan fingerprint density at radius 2 is 2.06 bits per heavy atom. The number of benzene rings is 1. The summed E-state index contributed by atoms with van der Waals surface area (Å²) in [6.07, 6.45) is 1.29. The average Bonchev–Trinajstić information content (AvgIpc) is 2.28. The van der Waals surface area contributed by atoms with E-state index in [1.165, 1.54) is 6.20 Å². The molecule has 18 heavy (non-hydrogen) atoms. The third-order valence-corrected chi connectivity index (χ3v) is 4.05. The van der Waals surface area contributed by atoms with Crippen molar-refractivity contribution < 1.29 is 8.42 Å². The van der Waals surface area contributed by atoms with Crippen LogP contribution in [0.3, 0.4) is 0 Å². The molecule has 0 saturated heterocycles. The summed E-state index contributed by atoms with van der Waals surface area (Å²) in [6.45, 7) is 2.40. The lowest BCUT2D eigenvalue weighted by molar-refractivity contribution is 0.595. The standard InChI is InChI=1S/C11H11BrN2O3S/c1-2-14-6-10(18(13,16)17)11(15)8-5-7(12)3-4-9(8)14/h3-6H,2H2,1H3,(H2,13,16,17). The highest BCUT2D eigenvalue weighted by atomic mass is 79.9. The number of hydrogen-bond donors (Lipinski definition) is 1. The van der Waals surface area contributed by atoms with Gasteiger partial charge in [0.2, 0.25) is 15.5 Å². The minimum absolute atomic E-state index is 0.331. The molecule has 2 N–H and O–H groups in total. The molecule has 0 spiro atoms. The van der Waals surface area contributed by atoms with E-state index in [1.807, 2.05) is 6.92 Å². The van der Waals surface area contributed by atoms with Gasteiger partial charge in [-0.1, -0.05) is 15.9 Å². The number of primary sulfonamides is 1. The number of halogens is 1. The van der Waals surface area contributed by atoms with Gasteiger partial charge < -0.3 is 4.57 Å². The number of nitrogens with zero attached hydrogens (tertiary/aromatic N) is 1. The first kappa shape index (κ1) is 13.3. The fraction of sp³-hybridized carbons (Fsp3) is 0.182. The first-order chi connectivity index (χ1) is 8.34. The Labute approximate surface area is 112 Å². The van der Waals surface area contributed by atoms with Gasteiger partial charge in [-0.25, -0.2) is 13.6 Å². The Bertz CT molecular complexity index is 781.